The quantitative estimate of drug-likeness (QED) is 0.557. The van der Waals surface area contributed by atoms with Crippen molar-refractivity contribution in [3.63, 3.8) is 0 Å². The molecule has 1 atom stereocenters. The molecule has 6 nitrogen and oxygen atoms in total. The van der Waals surface area contributed by atoms with E-state index in [4.69, 9.17) is 9.47 Å². The molecule has 6 heteroatoms. The minimum Gasteiger partial charge on any atom is -0.492 e. The number of nitrogens with zero attached hydrogens (tertiary/aromatic N) is 2. The molecular weight excluding hydrogens is 304 g/mol. The zero-order valence-corrected chi connectivity index (χ0v) is 15.0. The second-order valence-electron chi connectivity index (χ2n) is 6.24. The molecule has 134 valence electrons. The molecule has 0 amide bonds. The Kier molecular flexibility index (Phi) is 7.85. The molecule has 2 rings (SSSR count). The Morgan fingerprint density at radius 3 is 2.96 bits per heavy atom. The summed E-state index contributed by atoms with van der Waals surface area (Å²) in [5.74, 6) is 1.70. The van der Waals surface area contributed by atoms with Gasteiger partial charge in [0.1, 0.15) is 12.4 Å². The summed E-state index contributed by atoms with van der Waals surface area (Å²) in [6.45, 7) is 3.97. The Morgan fingerprint density at radius 2 is 2.25 bits per heavy atom. The molecule has 1 aromatic rings. The van der Waals surface area contributed by atoms with Crippen LogP contribution in [-0.4, -0.2) is 64.4 Å². The van der Waals surface area contributed by atoms with E-state index in [-0.39, 0.29) is 0 Å². The SMILES string of the molecule is CN=C(NCc1cccc(OCCN(C)C)c1)NCC1CCCO1. The molecular formula is C18H30N4O2. The van der Waals surface area contributed by atoms with Crippen molar-refractivity contribution < 1.29 is 9.47 Å². The van der Waals surface area contributed by atoms with Gasteiger partial charge in [0, 0.05) is 33.3 Å². The number of nitrogens with one attached hydrogen (secondary N) is 2. The predicted octanol–water partition coefficient (Wildman–Crippen LogP) is 1.47. The third kappa shape index (κ3) is 6.76. The average molecular weight is 334 g/mol. The Morgan fingerprint density at radius 1 is 1.38 bits per heavy atom. The van der Waals surface area contributed by atoms with Gasteiger partial charge in [0.05, 0.1) is 6.10 Å². The number of guanidine groups is 1. The maximum Gasteiger partial charge on any atom is 0.191 e. The first-order chi connectivity index (χ1) is 11.7. The summed E-state index contributed by atoms with van der Waals surface area (Å²) >= 11 is 0. The van der Waals surface area contributed by atoms with Gasteiger partial charge < -0.3 is 25.0 Å². The number of benzene rings is 1. The third-order valence-corrected chi connectivity index (χ3v) is 3.91. The van der Waals surface area contributed by atoms with E-state index >= 15 is 0 Å². The van der Waals surface area contributed by atoms with E-state index in [2.05, 4.69) is 32.7 Å². The Labute approximate surface area is 145 Å². The fourth-order valence-electron chi connectivity index (χ4n) is 2.51. The monoisotopic (exact) mass is 334 g/mol. The van der Waals surface area contributed by atoms with Crippen LogP contribution in [0.5, 0.6) is 5.75 Å². The zero-order chi connectivity index (χ0) is 17.2. The first-order valence-electron chi connectivity index (χ1n) is 8.60. The molecule has 24 heavy (non-hydrogen) atoms. The van der Waals surface area contributed by atoms with Crippen molar-refractivity contribution in [3.05, 3.63) is 29.8 Å². The van der Waals surface area contributed by atoms with Gasteiger partial charge in [0.25, 0.3) is 0 Å². The molecule has 1 aliphatic rings. The number of hydrogen-bond acceptors (Lipinski definition) is 4. The molecule has 1 fully saturated rings. The van der Waals surface area contributed by atoms with Gasteiger partial charge in [0.15, 0.2) is 5.96 Å². The van der Waals surface area contributed by atoms with E-state index in [1.165, 1.54) is 0 Å². The molecule has 0 bridgehead atoms. The van der Waals surface area contributed by atoms with Gasteiger partial charge in [-0.25, -0.2) is 0 Å². The van der Waals surface area contributed by atoms with Crippen LogP contribution >= 0.6 is 0 Å². The van der Waals surface area contributed by atoms with E-state index < -0.39 is 0 Å². The second kappa shape index (κ2) is 10.2. The molecule has 0 spiro atoms. The molecule has 0 aromatic heterocycles. The third-order valence-electron chi connectivity index (χ3n) is 3.91. The summed E-state index contributed by atoms with van der Waals surface area (Å²) < 4.78 is 11.4. The van der Waals surface area contributed by atoms with Crippen molar-refractivity contribution in [2.75, 3.05) is 47.4 Å². The molecule has 2 N–H and O–H groups in total. The van der Waals surface area contributed by atoms with E-state index in [9.17, 15) is 0 Å². The van der Waals surface area contributed by atoms with Crippen LogP contribution in [0, 0.1) is 0 Å². The predicted molar refractivity (Wildman–Crippen MR) is 97.7 cm³/mol. The molecule has 1 heterocycles. The standard InChI is InChI=1S/C18H30N4O2/c1-19-18(21-14-17-8-5-10-23-17)20-13-15-6-4-7-16(12-15)24-11-9-22(2)3/h4,6-7,12,17H,5,8-11,13-14H2,1-3H3,(H2,19,20,21). The van der Waals surface area contributed by atoms with Gasteiger partial charge in [-0.15, -0.1) is 0 Å². The lowest BCUT2D eigenvalue weighted by atomic mass is 10.2. The van der Waals surface area contributed by atoms with E-state index in [1.807, 2.05) is 26.2 Å². The normalized spacial score (nSPS) is 18.0. The van der Waals surface area contributed by atoms with E-state index in [0.717, 1.165) is 49.8 Å². The maximum atomic E-state index is 5.77. The molecule has 0 saturated carbocycles. The topological polar surface area (TPSA) is 58.1 Å². The van der Waals surface area contributed by atoms with Crippen LogP contribution in [0.4, 0.5) is 0 Å². The first kappa shape index (κ1) is 18.5. The second-order valence-corrected chi connectivity index (χ2v) is 6.24. The van der Waals surface area contributed by atoms with Gasteiger partial charge in [-0.1, -0.05) is 12.1 Å². The van der Waals surface area contributed by atoms with Crippen LogP contribution in [0.3, 0.4) is 0 Å². The van der Waals surface area contributed by atoms with Crippen LogP contribution < -0.4 is 15.4 Å². The van der Waals surface area contributed by atoms with Gasteiger partial charge in [0.2, 0.25) is 0 Å². The van der Waals surface area contributed by atoms with Crippen molar-refractivity contribution in [3.8, 4) is 5.75 Å². The van der Waals surface area contributed by atoms with Crippen LogP contribution in [0.1, 0.15) is 18.4 Å². The van der Waals surface area contributed by atoms with Crippen molar-refractivity contribution in [2.24, 2.45) is 4.99 Å². The van der Waals surface area contributed by atoms with Gasteiger partial charge >= 0.3 is 0 Å². The fraction of sp³-hybridized carbons (Fsp3) is 0.611. The Balaban J connectivity index is 1.75. The highest BCUT2D eigenvalue weighted by atomic mass is 16.5. The molecule has 1 unspecified atom stereocenters. The molecule has 0 radical (unpaired) electrons. The van der Waals surface area contributed by atoms with Crippen LogP contribution in [-0.2, 0) is 11.3 Å². The summed E-state index contributed by atoms with van der Waals surface area (Å²) in [7, 11) is 5.86. The molecule has 1 aliphatic heterocycles. The molecule has 1 aromatic carbocycles. The summed E-state index contributed by atoms with van der Waals surface area (Å²) in [6.07, 6.45) is 2.58. The number of ether oxygens (including phenoxy) is 2. The lowest BCUT2D eigenvalue weighted by Gasteiger charge is -2.15. The summed E-state index contributed by atoms with van der Waals surface area (Å²) in [5.41, 5.74) is 1.16. The van der Waals surface area contributed by atoms with E-state index in [1.54, 1.807) is 7.05 Å². The van der Waals surface area contributed by atoms with E-state index in [0.29, 0.717) is 19.3 Å². The maximum absolute atomic E-state index is 5.77. The number of rotatable bonds is 8. The van der Waals surface area contributed by atoms with Crippen LogP contribution in [0.2, 0.25) is 0 Å². The van der Waals surface area contributed by atoms with Gasteiger partial charge in [-0.05, 0) is 44.6 Å². The lowest BCUT2D eigenvalue weighted by Crippen LogP contribution is -2.40. The van der Waals surface area contributed by atoms with Crippen molar-refractivity contribution >= 4 is 5.96 Å². The lowest BCUT2D eigenvalue weighted by molar-refractivity contribution is 0.114. The largest absolute Gasteiger partial charge is 0.492 e. The fourth-order valence-corrected chi connectivity index (χ4v) is 2.51. The number of hydrogen-bond donors (Lipinski definition) is 2. The highest BCUT2D eigenvalue weighted by Gasteiger charge is 2.15. The summed E-state index contributed by atoms with van der Waals surface area (Å²) in [5, 5.41) is 6.65. The van der Waals surface area contributed by atoms with Crippen LogP contribution in [0.15, 0.2) is 29.3 Å². The molecule has 0 aliphatic carbocycles. The minimum absolute atomic E-state index is 0.303. The summed E-state index contributed by atoms with van der Waals surface area (Å²) in [4.78, 5) is 6.36. The van der Waals surface area contributed by atoms with Gasteiger partial charge in [-0.3, -0.25) is 4.99 Å². The van der Waals surface area contributed by atoms with Crippen molar-refractivity contribution in [1.29, 1.82) is 0 Å². The average Bonchev–Trinajstić information content (AvgIpc) is 3.08. The smallest absolute Gasteiger partial charge is 0.191 e. The summed E-state index contributed by atoms with van der Waals surface area (Å²) in [6, 6.07) is 8.16. The van der Waals surface area contributed by atoms with Gasteiger partial charge in [-0.2, -0.15) is 0 Å². The molecule has 1 saturated heterocycles. The highest BCUT2D eigenvalue weighted by molar-refractivity contribution is 5.79. The first-order valence-corrected chi connectivity index (χ1v) is 8.60. The highest BCUT2D eigenvalue weighted by Crippen LogP contribution is 2.13. The number of aliphatic imine (C=N–C) groups is 1. The van der Waals surface area contributed by atoms with Crippen molar-refractivity contribution in [1.82, 2.24) is 15.5 Å². The Bertz CT molecular complexity index is 513. The zero-order valence-electron chi connectivity index (χ0n) is 15.0. The van der Waals surface area contributed by atoms with Crippen LogP contribution in [0.25, 0.3) is 0 Å². The van der Waals surface area contributed by atoms with Crippen molar-refractivity contribution in [2.45, 2.75) is 25.5 Å². The Hall–Kier alpha value is -1.79. The number of likely N-dealkylation sites (N-methyl/N-ethyl adjacent to an activating group) is 1. The minimum atomic E-state index is 0.303.